The van der Waals surface area contributed by atoms with E-state index in [9.17, 15) is 14.9 Å². The minimum absolute atomic E-state index is 0.258. The van der Waals surface area contributed by atoms with Gasteiger partial charge in [0.2, 0.25) is 5.70 Å². The number of likely N-dealkylation sites (tertiary alicyclic amines) is 1. The molecule has 0 N–H and O–H groups in total. The number of ether oxygens (including phenoxy) is 1. The monoisotopic (exact) mass is 282 g/mol. The highest BCUT2D eigenvalue weighted by atomic mass is 16.6. The molecule has 6 heteroatoms. The maximum absolute atomic E-state index is 11.9. The van der Waals surface area contributed by atoms with Gasteiger partial charge in [0.15, 0.2) is 0 Å². The van der Waals surface area contributed by atoms with Crippen molar-refractivity contribution in [3.05, 3.63) is 21.9 Å². The maximum atomic E-state index is 11.9. The van der Waals surface area contributed by atoms with Crippen LogP contribution in [0.1, 0.15) is 34.1 Å². The quantitative estimate of drug-likeness (QED) is 0.589. The molecule has 112 valence electrons. The fourth-order valence-corrected chi connectivity index (χ4v) is 2.83. The average molecular weight is 282 g/mol. The van der Waals surface area contributed by atoms with E-state index >= 15 is 0 Å². The third-order valence-electron chi connectivity index (χ3n) is 3.89. The van der Waals surface area contributed by atoms with Crippen molar-refractivity contribution in [1.82, 2.24) is 4.90 Å². The van der Waals surface area contributed by atoms with Crippen molar-refractivity contribution in [2.24, 2.45) is 17.8 Å². The van der Waals surface area contributed by atoms with Crippen LogP contribution in [0.4, 0.5) is 4.79 Å². The van der Waals surface area contributed by atoms with Gasteiger partial charge < -0.3 is 9.64 Å². The molecule has 1 saturated carbocycles. The van der Waals surface area contributed by atoms with Crippen LogP contribution < -0.4 is 0 Å². The molecule has 0 aromatic rings. The lowest BCUT2D eigenvalue weighted by Gasteiger charge is -2.25. The molecule has 6 nitrogen and oxygen atoms in total. The molecule has 2 fully saturated rings. The third-order valence-corrected chi connectivity index (χ3v) is 3.89. The summed E-state index contributed by atoms with van der Waals surface area (Å²) in [6.07, 6.45) is 1.94. The van der Waals surface area contributed by atoms with Gasteiger partial charge in [-0.05, 0) is 44.6 Å². The van der Waals surface area contributed by atoms with Gasteiger partial charge in [0.1, 0.15) is 5.60 Å². The zero-order valence-electron chi connectivity index (χ0n) is 12.5. The summed E-state index contributed by atoms with van der Waals surface area (Å²) in [5.41, 5.74) is -0.197. The number of hydrogen-bond acceptors (Lipinski definition) is 4. The SMILES string of the molecule is CCC(=C[C@@H]1[C@H]2CN(C(=O)OC(C)(C)C)C[C@@H]12)[N+](=O)[O-]. The summed E-state index contributed by atoms with van der Waals surface area (Å²) in [6, 6.07) is 0. The molecule has 0 aromatic heterocycles. The Morgan fingerprint density at radius 2 is 1.95 bits per heavy atom. The number of nitro groups is 1. The summed E-state index contributed by atoms with van der Waals surface area (Å²) in [7, 11) is 0. The highest BCUT2D eigenvalue weighted by molar-refractivity contribution is 5.69. The first kappa shape index (κ1) is 14.8. The molecule has 0 bridgehead atoms. The van der Waals surface area contributed by atoms with Gasteiger partial charge in [-0.2, -0.15) is 0 Å². The van der Waals surface area contributed by atoms with Crippen molar-refractivity contribution in [2.75, 3.05) is 13.1 Å². The van der Waals surface area contributed by atoms with Crippen molar-refractivity contribution in [2.45, 2.75) is 39.7 Å². The lowest BCUT2D eigenvalue weighted by Crippen LogP contribution is -2.37. The van der Waals surface area contributed by atoms with E-state index < -0.39 is 5.60 Å². The Hall–Kier alpha value is -1.59. The Labute approximate surface area is 118 Å². The lowest BCUT2D eigenvalue weighted by atomic mass is 10.2. The Kier molecular flexibility index (Phi) is 3.75. The number of piperidine rings is 1. The second kappa shape index (κ2) is 5.07. The second-order valence-electron chi connectivity index (χ2n) is 6.56. The normalized spacial score (nSPS) is 29.1. The van der Waals surface area contributed by atoms with Crippen LogP contribution in [0.15, 0.2) is 11.8 Å². The summed E-state index contributed by atoms with van der Waals surface area (Å²) >= 11 is 0. The first-order valence-electron chi connectivity index (χ1n) is 7.06. The highest BCUT2D eigenvalue weighted by Crippen LogP contribution is 2.53. The maximum Gasteiger partial charge on any atom is 0.410 e. The minimum Gasteiger partial charge on any atom is -0.444 e. The van der Waals surface area contributed by atoms with E-state index in [-0.39, 0.29) is 22.6 Å². The van der Waals surface area contributed by atoms with Crippen LogP contribution >= 0.6 is 0 Å². The molecule has 1 aliphatic heterocycles. The summed E-state index contributed by atoms with van der Waals surface area (Å²) in [5.74, 6) is 0.988. The van der Waals surface area contributed by atoms with Gasteiger partial charge in [-0.1, -0.05) is 6.92 Å². The van der Waals surface area contributed by atoms with Crippen molar-refractivity contribution in [1.29, 1.82) is 0 Å². The fourth-order valence-electron chi connectivity index (χ4n) is 2.83. The number of carbonyl (C=O) groups excluding carboxylic acids is 1. The molecule has 1 amide bonds. The van der Waals surface area contributed by atoms with E-state index in [4.69, 9.17) is 4.74 Å². The molecule has 20 heavy (non-hydrogen) atoms. The van der Waals surface area contributed by atoms with Crippen molar-refractivity contribution < 1.29 is 14.5 Å². The molecule has 0 spiro atoms. The van der Waals surface area contributed by atoms with Crippen LogP contribution in [0.25, 0.3) is 0 Å². The molecule has 2 rings (SSSR count). The third kappa shape index (κ3) is 3.11. The Morgan fingerprint density at radius 3 is 2.35 bits per heavy atom. The molecule has 0 aromatic carbocycles. The van der Waals surface area contributed by atoms with Gasteiger partial charge in [-0.15, -0.1) is 0 Å². The van der Waals surface area contributed by atoms with Crippen LogP contribution in [-0.2, 0) is 4.74 Å². The van der Waals surface area contributed by atoms with E-state index in [0.29, 0.717) is 31.3 Å². The molecule has 1 aliphatic carbocycles. The molecular formula is C14H22N2O4. The Morgan fingerprint density at radius 1 is 1.40 bits per heavy atom. The van der Waals surface area contributed by atoms with Gasteiger partial charge in [0.05, 0.1) is 4.92 Å². The fraction of sp³-hybridized carbons (Fsp3) is 0.786. The van der Waals surface area contributed by atoms with Crippen molar-refractivity contribution in [3.8, 4) is 0 Å². The number of nitrogens with zero attached hydrogens (tertiary/aromatic N) is 2. The Bertz CT molecular complexity index is 441. The second-order valence-corrected chi connectivity index (χ2v) is 6.56. The average Bonchev–Trinajstić information content (AvgIpc) is 2.76. The molecular weight excluding hydrogens is 260 g/mol. The predicted molar refractivity (Wildman–Crippen MR) is 73.6 cm³/mol. The zero-order valence-corrected chi connectivity index (χ0v) is 12.5. The van der Waals surface area contributed by atoms with E-state index in [0.717, 1.165) is 0 Å². The van der Waals surface area contributed by atoms with E-state index in [1.807, 2.05) is 20.8 Å². The summed E-state index contributed by atoms with van der Waals surface area (Å²) in [4.78, 5) is 24.1. The van der Waals surface area contributed by atoms with Crippen LogP contribution in [0.2, 0.25) is 0 Å². The van der Waals surface area contributed by atoms with E-state index in [1.54, 1.807) is 17.9 Å². The molecule has 1 heterocycles. The smallest absolute Gasteiger partial charge is 0.410 e. The molecule has 3 atom stereocenters. The molecule has 0 unspecified atom stereocenters. The minimum atomic E-state index is -0.482. The first-order valence-corrected chi connectivity index (χ1v) is 7.06. The zero-order chi connectivity index (χ0) is 15.1. The summed E-state index contributed by atoms with van der Waals surface area (Å²) in [5, 5.41) is 10.8. The molecule has 0 radical (unpaired) electrons. The Balaban J connectivity index is 1.88. The van der Waals surface area contributed by atoms with Gasteiger partial charge in [-0.3, -0.25) is 10.1 Å². The first-order chi connectivity index (χ1) is 9.23. The lowest BCUT2D eigenvalue weighted by molar-refractivity contribution is -0.428. The van der Waals surface area contributed by atoms with Gasteiger partial charge in [0.25, 0.3) is 0 Å². The number of rotatable bonds is 3. The standard InChI is InChI=1S/C14H22N2O4/c1-5-9(16(18)19)6-10-11-7-15(8-12(10)11)13(17)20-14(2,3)4/h6,10-12H,5,7-8H2,1-4H3/t10-,11-,12+. The van der Waals surface area contributed by atoms with Crippen LogP contribution in [0, 0.1) is 27.9 Å². The topological polar surface area (TPSA) is 72.7 Å². The predicted octanol–water partition coefficient (Wildman–Crippen LogP) is 2.67. The molecule has 1 saturated heterocycles. The summed E-state index contributed by atoms with van der Waals surface area (Å²) in [6.45, 7) is 8.62. The number of carbonyl (C=O) groups is 1. The number of fused-ring (bicyclic) bond motifs is 1. The highest BCUT2D eigenvalue weighted by Gasteiger charge is 2.56. The van der Waals surface area contributed by atoms with Crippen LogP contribution in [-0.4, -0.2) is 34.6 Å². The van der Waals surface area contributed by atoms with Gasteiger partial charge in [0, 0.05) is 19.5 Å². The number of amides is 1. The number of hydrogen-bond donors (Lipinski definition) is 0. The number of allylic oxidation sites excluding steroid dienone is 2. The van der Waals surface area contributed by atoms with Crippen molar-refractivity contribution >= 4 is 6.09 Å². The van der Waals surface area contributed by atoms with Gasteiger partial charge in [-0.25, -0.2) is 4.79 Å². The summed E-state index contributed by atoms with van der Waals surface area (Å²) < 4.78 is 5.33. The largest absolute Gasteiger partial charge is 0.444 e. The van der Waals surface area contributed by atoms with Crippen molar-refractivity contribution in [3.63, 3.8) is 0 Å². The van der Waals surface area contributed by atoms with Crippen LogP contribution in [0.3, 0.4) is 0 Å². The van der Waals surface area contributed by atoms with E-state index in [2.05, 4.69) is 0 Å². The van der Waals surface area contributed by atoms with Crippen LogP contribution in [0.5, 0.6) is 0 Å². The van der Waals surface area contributed by atoms with E-state index in [1.165, 1.54) is 0 Å². The van der Waals surface area contributed by atoms with Gasteiger partial charge >= 0.3 is 6.09 Å². The molecule has 2 aliphatic rings.